The zero-order valence-corrected chi connectivity index (χ0v) is 13.4. The Morgan fingerprint density at radius 1 is 1.43 bits per heavy atom. The average molecular weight is 315 g/mol. The summed E-state index contributed by atoms with van der Waals surface area (Å²) in [6, 6.07) is 1.98. The number of furan rings is 1. The van der Waals surface area contributed by atoms with Crippen LogP contribution in [-0.4, -0.2) is 40.2 Å². The number of nitrogens with zero attached hydrogens (tertiary/aromatic N) is 2. The minimum atomic E-state index is -0.0342. The minimum absolute atomic E-state index is 0.0342. The third kappa shape index (κ3) is 2.57. The topological polar surface area (TPSA) is 71.4 Å². The van der Waals surface area contributed by atoms with Crippen LogP contribution in [0.3, 0.4) is 0 Å². The smallest absolute Gasteiger partial charge is 0.274 e. The maximum absolute atomic E-state index is 12.7. The first-order valence-corrected chi connectivity index (χ1v) is 8.14. The van der Waals surface area contributed by atoms with Crippen molar-refractivity contribution in [3.63, 3.8) is 0 Å². The van der Waals surface area contributed by atoms with Crippen LogP contribution >= 0.6 is 0 Å². The van der Waals surface area contributed by atoms with E-state index in [4.69, 9.17) is 9.15 Å². The van der Waals surface area contributed by atoms with Crippen molar-refractivity contribution in [2.24, 2.45) is 5.92 Å². The molecule has 6 nitrogen and oxygen atoms in total. The summed E-state index contributed by atoms with van der Waals surface area (Å²) >= 11 is 0. The normalized spacial score (nSPS) is 24.3. The first-order valence-electron chi connectivity index (χ1n) is 8.14. The molecule has 1 amide bonds. The van der Waals surface area contributed by atoms with E-state index in [1.165, 1.54) is 5.56 Å². The van der Waals surface area contributed by atoms with E-state index >= 15 is 0 Å². The van der Waals surface area contributed by atoms with Crippen molar-refractivity contribution in [1.82, 2.24) is 15.1 Å². The van der Waals surface area contributed by atoms with E-state index in [-0.39, 0.29) is 18.1 Å². The molecule has 4 heterocycles. The summed E-state index contributed by atoms with van der Waals surface area (Å²) < 4.78 is 10.9. The lowest BCUT2D eigenvalue weighted by Crippen LogP contribution is -2.51. The molecule has 4 rings (SSSR count). The molecule has 1 N–H and O–H groups in total. The number of fused-ring (bicyclic) bond motifs is 1. The molecule has 2 atom stereocenters. The van der Waals surface area contributed by atoms with Gasteiger partial charge in [-0.05, 0) is 37.8 Å². The van der Waals surface area contributed by atoms with Crippen LogP contribution < -0.4 is 0 Å². The van der Waals surface area contributed by atoms with Crippen molar-refractivity contribution in [2.75, 3.05) is 13.1 Å². The van der Waals surface area contributed by atoms with Crippen LogP contribution in [-0.2, 0) is 17.6 Å². The summed E-state index contributed by atoms with van der Waals surface area (Å²) in [7, 11) is 0. The number of likely N-dealkylation sites (tertiary alicyclic amines) is 1. The van der Waals surface area contributed by atoms with Crippen molar-refractivity contribution < 1.29 is 13.9 Å². The molecule has 0 bridgehead atoms. The van der Waals surface area contributed by atoms with Gasteiger partial charge in [0.15, 0.2) is 5.69 Å². The number of rotatable bonds is 3. The standard InChI is InChI=1S/C17H21N3O3/c1-10-5-14-15(11(2)23-10)18-19-16(14)17(21)20-7-13(8-20)6-12-3-4-22-9-12/h3-4,9-11,13H,5-8H2,1-2H3,(H,18,19)/t10-,11+/m1/s1. The van der Waals surface area contributed by atoms with Gasteiger partial charge in [-0.1, -0.05) is 0 Å². The number of hydrogen-bond donors (Lipinski definition) is 1. The van der Waals surface area contributed by atoms with Crippen molar-refractivity contribution in [3.8, 4) is 0 Å². The second-order valence-electron chi connectivity index (χ2n) is 6.67. The number of carbonyl (C=O) groups is 1. The fourth-order valence-electron chi connectivity index (χ4n) is 3.61. The van der Waals surface area contributed by atoms with Gasteiger partial charge in [0.2, 0.25) is 0 Å². The summed E-state index contributed by atoms with van der Waals surface area (Å²) in [6.45, 7) is 5.59. The molecule has 0 aromatic carbocycles. The minimum Gasteiger partial charge on any atom is -0.472 e. The molecule has 1 saturated heterocycles. The second kappa shape index (κ2) is 5.53. The maximum atomic E-state index is 12.7. The molecule has 6 heteroatoms. The van der Waals surface area contributed by atoms with Crippen molar-refractivity contribution in [1.29, 1.82) is 0 Å². The van der Waals surface area contributed by atoms with Crippen LogP contribution in [0.15, 0.2) is 23.0 Å². The Balaban J connectivity index is 1.43. The molecule has 2 aromatic rings. The highest BCUT2D eigenvalue weighted by molar-refractivity contribution is 5.94. The first kappa shape index (κ1) is 14.5. The van der Waals surface area contributed by atoms with Crippen molar-refractivity contribution in [3.05, 3.63) is 41.1 Å². The van der Waals surface area contributed by atoms with Gasteiger partial charge in [0.25, 0.3) is 5.91 Å². The zero-order valence-electron chi connectivity index (χ0n) is 13.4. The van der Waals surface area contributed by atoms with Crippen LogP contribution in [0.5, 0.6) is 0 Å². The number of hydrogen-bond acceptors (Lipinski definition) is 4. The first-order chi connectivity index (χ1) is 11.1. The van der Waals surface area contributed by atoms with Crippen LogP contribution in [0, 0.1) is 5.92 Å². The van der Waals surface area contributed by atoms with Crippen LogP contribution in [0.25, 0.3) is 0 Å². The molecule has 122 valence electrons. The molecular weight excluding hydrogens is 294 g/mol. The number of ether oxygens (including phenoxy) is 1. The summed E-state index contributed by atoms with van der Waals surface area (Å²) in [5.74, 6) is 0.541. The average Bonchev–Trinajstić information content (AvgIpc) is 3.10. The number of nitrogens with one attached hydrogen (secondary N) is 1. The van der Waals surface area contributed by atoms with E-state index in [0.29, 0.717) is 11.6 Å². The Morgan fingerprint density at radius 3 is 3.00 bits per heavy atom. The van der Waals surface area contributed by atoms with E-state index in [1.807, 2.05) is 24.8 Å². The Labute approximate surface area is 134 Å². The van der Waals surface area contributed by atoms with E-state index in [9.17, 15) is 4.79 Å². The lowest BCUT2D eigenvalue weighted by Gasteiger charge is -2.39. The molecule has 0 spiro atoms. The highest BCUT2D eigenvalue weighted by Gasteiger charge is 2.36. The SMILES string of the molecule is C[C@@H]1Cc2c(C(=O)N3CC(Cc4ccoc4)C3)n[nH]c2[C@H](C)O1. The van der Waals surface area contributed by atoms with Crippen LogP contribution in [0.2, 0.25) is 0 Å². The van der Waals surface area contributed by atoms with Gasteiger partial charge in [-0.2, -0.15) is 5.10 Å². The van der Waals surface area contributed by atoms with Crippen LogP contribution in [0.4, 0.5) is 0 Å². The third-order valence-electron chi connectivity index (χ3n) is 4.79. The molecule has 1 fully saturated rings. The van der Waals surface area contributed by atoms with E-state index < -0.39 is 0 Å². The Kier molecular flexibility index (Phi) is 3.49. The van der Waals surface area contributed by atoms with Gasteiger partial charge in [0.1, 0.15) is 0 Å². The fourth-order valence-corrected chi connectivity index (χ4v) is 3.61. The van der Waals surface area contributed by atoms with E-state index in [1.54, 1.807) is 12.5 Å². The van der Waals surface area contributed by atoms with E-state index in [0.717, 1.165) is 37.2 Å². The summed E-state index contributed by atoms with van der Waals surface area (Å²) in [5.41, 5.74) is 3.74. The lowest BCUT2D eigenvalue weighted by atomic mass is 9.92. The highest BCUT2D eigenvalue weighted by atomic mass is 16.5. The largest absolute Gasteiger partial charge is 0.472 e. The zero-order chi connectivity index (χ0) is 16.0. The predicted molar refractivity (Wildman–Crippen MR) is 83.1 cm³/mol. The molecule has 2 aliphatic rings. The number of amides is 1. The van der Waals surface area contributed by atoms with Gasteiger partial charge in [-0.15, -0.1) is 0 Å². The van der Waals surface area contributed by atoms with E-state index in [2.05, 4.69) is 10.2 Å². The molecular formula is C17H21N3O3. The molecule has 23 heavy (non-hydrogen) atoms. The fraction of sp³-hybridized carbons (Fsp3) is 0.529. The molecule has 0 radical (unpaired) electrons. The summed E-state index contributed by atoms with van der Waals surface area (Å²) in [5, 5.41) is 7.27. The van der Waals surface area contributed by atoms with Crippen molar-refractivity contribution >= 4 is 5.91 Å². The number of carbonyl (C=O) groups excluding carboxylic acids is 1. The van der Waals surface area contributed by atoms with Gasteiger partial charge in [0, 0.05) is 25.1 Å². The summed E-state index contributed by atoms with van der Waals surface area (Å²) in [4.78, 5) is 14.6. The predicted octanol–water partition coefficient (Wildman–Crippen LogP) is 2.34. The molecule has 0 aliphatic carbocycles. The highest BCUT2D eigenvalue weighted by Crippen LogP contribution is 2.31. The number of aromatic nitrogens is 2. The molecule has 2 aliphatic heterocycles. The Bertz CT molecular complexity index is 701. The second-order valence-corrected chi connectivity index (χ2v) is 6.67. The van der Waals surface area contributed by atoms with Crippen molar-refractivity contribution in [2.45, 2.75) is 38.9 Å². The monoisotopic (exact) mass is 315 g/mol. The third-order valence-corrected chi connectivity index (χ3v) is 4.79. The van der Waals surface area contributed by atoms with Gasteiger partial charge in [0.05, 0.1) is 30.4 Å². The van der Waals surface area contributed by atoms with Crippen LogP contribution in [0.1, 0.15) is 47.3 Å². The molecule has 2 aromatic heterocycles. The van der Waals surface area contributed by atoms with Gasteiger partial charge in [-0.25, -0.2) is 0 Å². The van der Waals surface area contributed by atoms with Gasteiger partial charge >= 0.3 is 0 Å². The number of aromatic amines is 1. The van der Waals surface area contributed by atoms with Gasteiger partial charge < -0.3 is 14.1 Å². The summed E-state index contributed by atoms with van der Waals surface area (Å²) in [6.07, 6.45) is 5.25. The molecule has 0 saturated carbocycles. The lowest BCUT2D eigenvalue weighted by molar-refractivity contribution is -0.00709. The Hall–Kier alpha value is -2.08. The quantitative estimate of drug-likeness (QED) is 0.943. The number of H-pyrrole nitrogens is 1. The molecule has 0 unspecified atom stereocenters. The van der Waals surface area contributed by atoms with Gasteiger partial charge in [-0.3, -0.25) is 9.89 Å². The Morgan fingerprint density at radius 2 is 2.26 bits per heavy atom. The maximum Gasteiger partial charge on any atom is 0.274 e.